The molecule has 0 N–H and O–H groups in total. The summed E-state index contributed by atoms with van der Waals surface area (Å²) in [5.41, 5.74) is 0. The zero-order chi connectivity index (χ0) is 7.49. The van der Waals surface area contributed by atoms with Crippen molar-refractivity contribution in [3.8, 4) is 0 Å². The molecule has 55 valence electrons. The van der Waals surface area contributed by atoms with Gasteiger partial charge in [0, 0.05) is 0 Å². The van der Waals surface area contributed by atoms with Crippen LogP contribution in [0.5, 0.6) is 0 Å². The lowest BCUT2D eigenvalue weighted by molar-refractivity contribution is 0.721. The highest BCUT2D eigenvalue weighted by atomic mass is 28.3. The van der Waals surface area contributed by atoms with Gasteiger partial charge >= 0.3 is 0 Å². The molecule has 0 nitrogen and oxygen atoms in total. The second kappa shape index (κ2) is 3.40. The lowest BCUT2D eigenvalue weighted by atomic mass is 10.3. The average molecular weight is 143 g/mol. The third-order valence-electron chi connectivity index (χ3n) is 1.72. The highest BCUT2D eigenvalue weighted by Gasteiger charge is 2.18. The van der Waals surface area contributed by atoms with Gasteiger partial charge in [0.1, 0.15) is 0 Å². The summed E-state index contributed by atoms with van der Waals surface area (Å²) in [6.07, 6.45) is 0. The predicted molar refractivity (Wildman–Crippen MR) is 47.1 cm³/mol. The molecule has 0 saturated carbocycles. The summed E-state index contributed by atoms with van der Waals surface area (Å²) in [5, 5.41) is 0. The zero-order valence-electron chi connectivity index (χ0n) is 7.36. The molecule has 0 fully saturated rings. The Morgan fingerprint density at radius 2 is 1.78 bits per heavy atom. The third-order valence-corrected chi connectivity index (χ3v) is 5.15. The molecule has 0 aromatic rings. The monoisotopic (exact) mass is 143 g/mol. The van der Waals surface area contributed by atoms with E-state index in [-0.39, 0.29) is 0 Å². The largest absolute Gasteiger partial charge is 0.0691 e. The van der Waals surface area contributed by atoms with Crippen molar-refractivity contribution in [1.29, 1.82) is 0 Å². The van der Waals surface area contributed by atoms with Gasteiger partial charge in [-0.1, -0.05) is 39.9 Å². The van der Waals surface area contributed by atoms with E-state index < -0.39 is 8.07 Å². The lowest BCUT2D eigenvalue weighted by Crippen LogP contribution is -2.26. The Kier molecular flexibility index (Phi) is 3.48. The molecule has 1 heteroatoms. The molecule has 0 atom stereocenters. The van der Waals surface area contributed by atoms with Crippen LogP contribution in [0, 0.1) is 12.0 Å². The molecule has 0 heterocycles. The predicted octanol–water partition coefficient (Wildman–Crippen LogP) is 3.11. The van der Waals surface area contributed by atoms with Crippen LogP contribution in [0.4, 0.5) is 0 Å². The Morgan fingerprint density at radius 3 is 1.89 bits per heavy atom. The van der Waals surface area contributed by atoms with Crippen LogP contribution in [0.1, 0.15) is 20.8 Å². The van der Waals surface area contributed by atoms with Crippen LogP contribution in [0.25, 0.3) is 0 Å². The molecule has 0 bridgehead atoms. The molecule has 0 amide bonds. The van der Waals surface area contributed by atoms with Crippen molar-refractivity contribution >= 4 is 8.07 Å². The van der Waals surface area contributed by atoms with Gasteiger partial charge in [0.2, 0.25) is 0 Å². The molecular formula is C8H19Si. The minimum atomic E-state index is -0.865. The maximum Gasteiger partial charge on any atom is 0.0504 e. The van der Waals surface area contributed by atoms with Gasteiger partial charge in [0.05, 0.1) is 8.07 Å². The van der Waals surface area contributed by atoms with Gasteiger partial charge in [0.25, 0.3) is 0 Å². The van der Waals surface area contributed by atoms with E-state index >= 15 is 0 Å². The van der Waals surface area contributed by atoms with Gasteiger partial charge in [0.15, 0.2) is 0 Å². The van der Waals surface area contributed by atoms with Crippen LogP contribution in [0.3, 0.4) is 0 Å². The molecule has 0 aromatic carbocycles. The summed E-state index contributed by atoms with van der Waals surface area (Å²) in [6, 6.07) is 3.86. The van der Waals surface area contributed by atoms with E-state index in [9.17, 15) is 0 Å². The quantitative estimate of drug-likeness (QED) is 0.533. The Morgan fingerprint density at radius 1 is 1.33 bits per heavy atom. The van der Waals surface area contributed by atoms with E-state index in [1.807, 2.05) is 0 Å². The smallest absolute Gasteiger partial charge is 0.0504 e. The summed E-state index contributed by atoms with van der Waals surface area (Å²) < 4.78 is 0. The van der Waals surface area contributed by atoms with Crippen molar-refractivity contribution in [3.05, 3.63) is 6.04 Å². The molecule has 0 saturated heterocycles. The van der Waals surface area contributed by atoms with Crippen LogP contribution in [0.2, 0.25) is 19.1 Å². The van der Waals surface area contributed by atoms with Crippen LogP contribution in [0.15, 0.2) is 0 Å². The molecule has 9 heavy (non-hydrogen) atoms. The zero-order valence-corrected chi connectivity index (χ0v) is 8.36. The van der Waals surface area contributed by atoms with Crippen molar-refractivity contribution in [2.75, 3.05) is 0 Å². The van der Waals surface area contributed by atoms with E-state index in [4.69, 9.17) is 0 Å². The van der Waals surface area contributed by atoms with E-state index in [0.29, 0.717) is 0 Å². The van der Waals surface area contributed by atoms with Gasteiger partial charge in [-0.05, 0) is 12.0 Å². The van der Waals surface area contributed by atoms with Gasteiger partial charge in [-0.3, -0.25) is 0 Å². The van der Waals surface area contributed by atoms with E-state index in [0.717, 1.165) is 5.92 Å². The first-order valence-corrected chi connectivity index (χ1v) is 7.07. The van der Waals surface area contributed by atoms with Crippen LogP contribution in [-0.2, 0) is 0 Å². The fourth-order valence-corrected chi connectivity index (χ4v) is 3.51. The Bertz CT molecular complexity index is 74.6. The summed E-state index contributed by atoms with van der Waals surface area (Å²) in [5.74, 6) is 0.878. The van der Waals surface area contributed by atoms with Crippen molar-refractivity contribution in [2.24, 2.45) is 5.92 Å². The van der Waals surface area contributed by atoms with E-state index in [2.05, 4.69) is 39.9 Å². The van der Waals surface area contributed by atoms with Crippen LogP contribution in [-0.4, -0.2) is 8.07 Å². The Hall–Kier alpha value is 0.217. The molecule has 0 aliphatic rings. The first kappa shape index (κ1) is 9.22. The highest BCUT2D eigenvalue weighted by Crippen LogP contribution is 2.17. The van der Waals surface area contributed by atoms with Crippen molar-refractivity contribution in [3.63, 3.8) is 0 Å². The normalized spacial score (nSPS) is 12.7. The number of rotatable bonds is 3. The molecule has 0 aliphatic heterocycles. The minimum Gasteiger partial charge on any atom is -0.0691 e. The first-order valence-electron chi connectivity index (χ1n) is 3.78. The van der Waals surface area contributed by atoms with E-state index in [1.165, 1.54) is 6.04 Å². The third kappa shape index (κ3) is 4.70. The number of hydrogen-bond acceptors (Lipinski definition) is 0. The van der Waals surface area contributed by atoms with E-state index in [1.54, 1.807) is 0 Å². The number of hydrogen-bond donors (Lipinski definition) is 0. The second-order valence-corrected chi connectivity index (χ2v) is 8.84. The van der Waals surface area contributed by atoms with Crippen LogP contribution < -0.4 is 0 Å². The summed E-state index contributed by atoms with van der Waals surface area (Å²) in [6.45, 7) is 11.7. The molecular weight excluding hydrogens is 124 g/mol. The molecule has 0 aliphatic carbocycles. The molecule has 0 spiro atoms. The summed E-state index contributed by atoms with van der Waals surface area (Å²) in [7, 11) is -0.865. The maximum absolute atomic E-state index is 2.42. The van der Waals surface area contributed by atoms with Crippen LogP contribution >= 0.6 is 0 Å². The Labute approximate surface area is 60.7 Å². The maximum atomic E-state index is 2.42. The summed E-state index contributed by atoms with van der Waals surface area (Å²) >= 11 is 0. The van der Waals surface area contributed by atoms with Gasteiger partial charge in [-0.2, -0.15) is 0 Å². The lowest BCUT2D eigenvalue weighted by Gasteiger charge is -2.21. The second-order valence-electron chi connectivity index (χ2n) is 3.88. The molecule has 0 aromatic heterocycles. The molecule has 0 unspecified atom stereocenters. The van der Waals surface area contributed by atoms with Gasteiger partial charge in [-0.25, -0.2) is 0 Å². The molecule has 1 radical (unpaired) electrons. The highest BCUT2D eigenvalue weighted by molar-refractivity contribution is 6.80. The standard InChI is InChI=1S/C8H19Si/c1-6-9(4,5)7-8(2)3/h6,8H,7H2,1-5H3. The topological polar surface area (TPSA) is 0 Å². The van der Waals surface area contributed by atoms with Crippen molar-refractivity contribution in [1.82, 2.24) is 0 Å². The van der Waals surface area contributed by atoms with Crippen molar-refractivity contribution in [2.45, 2.75) is 39.9 Å². The van der Waals surface area contributed by atoms with Gasteiger partial charge < -0.3 is 0 Å². The fraction of sp³-hybridized carbons (Fsp3) is 0.875. The van der Waals surface area contributed by atoms with Gasteiger partial charge in [-0.15, -0.1) is 0 Å². The summed E-state index contributed by atoms with van der Waals surface area (Å²) in [4.78, 5) is 0. The fourth-order valence-electron chi connectivity index (χ4n) is 1.17. The van der Waals surface area contributed by atoms with Crippen molar-refractivity contribution < 1.29 is 0 Å². The minimum absolute atomic E-state index is 0.865. The molecule has 0 rings (SSSR count). The SMILES string of the molecule is C[CH][Si](C)(C)CC(C)C. The average Bonchev–Trinajstić information content (AvgIpc) is 1.63. The first-order chi connectivity index (χ1) is 3.98. The Balaban J connectivity index is 3.58.